The van der Waals surface area contributed by atoms with Crippen LogP contribution in [0.15, 0.2) is 35.5 Å². The van der Waals surface area contributed by atoms with E-state index in [1.54, 1.807) is 18.9 Å². The zero-order chi connectivity index (χ0) is 15.4. The lowest BCUT2D eigenvalue weighted by molar-refractivity contribution is -0.117. The number of hydrogen-bond donors (Lipinski definition) is 2. The molecule has 8 heteroatoms. The van der Waals surface area contributed by atoms with Gasteiger partial charge in [-0.05, 0) is 19.1 Å². The van der Waals surface area contributed by atoms with E-state index in [0.717, 1.165) is 5.69 Å². The van der Waals surface area contributed by atoms with Crippen LogP contribution < -0.4 is 16.4 Å². The molecule has 0 aliphatic carbocycles. The maximum atomic E-state index is 12.4. The van der Waals surface area contributed by atoms with E-state index in [2.05, 4.69) is 15.0 Å². The largest absolute Gasteiger partial charge is 0.368 e. The number of para-hydroxylation sites is 1. The maximum absolute atomic E-state index is 12.4. The number of hydrogen-bond acceptors (Lipinski definition) is 7. The van der Waals surface area contributed by atoms with Crippen molar-refractivity contribution < 1.29 is 4.79 Å². The first-order chi connectivity index (χ1) is 9.97. The van der Waals surface area contributed by atoms with E-state index in [9.17, 15) is 4.79 Å². The van der Waals surface area contributed by atoms with E-state index in [1.807, 2.05) is 30.3 Å². The van der Waals surface area contributed by atoms with Crippen LogP contribution in [0, 0.1) is 0 Å². The van der Waals surface area contributed by atoms with Crippen LogP contribution in [0.25, 0.3) is 0 Å². The Labute approximate surface area is 126 Å². The lowest BCUT2D eigenvalue weighted by atomic mass is 10.3. The quantitative estimate of drug-likeness (QED) is 0.816. The molecular formula is C13H16N6OS. The number of benzene rings is 1. The van der Waals surface area contributed by atoms with Gasteiger partial charge in [-0.1, -0.05) is 30.0 Å². The average Bonchev–Trinajstić information content (AvgIpc) is 2.45. The van der Waals surface area contributed by atoms with E-state index in [1.165, 1.54) is 11.8 Å². The highest BCUT2D eigenvalue weighted by atomic mass is 32.2. The minimum absolute atomic E-state index is 0.0427. The summed E-state index contributed by atoms with van der Waals surface area (Å²) in [6.45, 7) is 1.78. The van der Waals surface area contributed by atoms with Crippen LogP contribution in [-0.4, -0.2) is 33.2 Å². The molecule has 21 heavy (non-hydrogen) atoms. The lowest BCUT2D eigenvalue weighted by Crippen LogP contribution is -2.33. The van der Waals surface area contributed by atoms with Crippen LogP contribution >= 0.6 is 11.8 Å². The standard InChI is InChI=1S/C13H16N6OS/c1-8(21-13-17-11(14)16-12(15)18-13)10(20)19(2)9-6-4-3-5-7-9/h3-8H,1-2H3,(H4,14,15,16,17,18)/t8-/m0/s1. The van der Waals surface area contributed by atoms with Crippen molar-refractivity contribution in [2.24, 2.45) is 0 Å². The van der Waals surface area contributed by atoms with Crippen molar-refractivity contribution >= 4 is 35.3 Å². The summed E-state index contributed by atoms with van der Waals surface area (Å²) < 4.78 is 0. The summed E-state index contributed by atoms with van der Waals surface area (Å²) in [6.07, 6.45) is 0. The average molecular weight is 304 g/mol. The molecule has 0 saturated carbocycles. The molecule has 0 radical (unpaired) electrons. The zero-order valence-electron chi connectivity index (χ0n) is 11.7. The summed E-state index contributed by atoms with van der Waals surface area (Å²) in [5.74, 6) is 0.0193. The smallest absolute Gasteiger partial charge is 0.240 e. The van der Waals surface area contributed by atoms with Crippen LogP contribution in [0.5, 0.6) is 0 Å². The summed E-state index contributed by atoms with van der Waals surface area (Å²) in [7, 11) is 1.73. The predicted molar refractivity (Wildman–Crippen MR) is 83.8 cm³/mol. The second-order valence-electron chi connectivity index (χ2n) is 4.33. The molecule has 0 bridgehead atoms. The Bertz CT molecular complexity index is 616. The third-order valence-corrected chi connectivity index (χ3v) is 3.70. The number of thioether (sulfide) groups is 1. The molecule has 0 aliphatic rings. The van der Waals surface area contributed by atoms with Gasteiger partial charge in [-0.15, -0.1) is 0 Å². The molecule has 1 aromatic carbocycles. The van der Waals surface area contributed by atoms with Crippen molar-refractivity contribution in [2.75, 3.05) is 23.4 Å². The van der Waals surface area contributed by atoms with Crippen molar-refractivity contribution in [3.8, 4) is 0 Å². The van der Waals surface area contributed by atoms with E-state index in [-0.39, 0.29) is 23.1 Å². The molecule has 0 unspecified atom stereocenters. The Hall–Kier alpha value is -2.35. The van der Waals surface area contributed by atoms with E-state index in [0.29, 0.717) is 5.16 Å². The molecule has 2 aromatic rings. The highest BCUT2D eigenvalue weighted by molar-refractivity contribution is 8.00. The fraction of sp³-hybridized carbons (Fsp3) is 0.231. The Morgan fingerprint density at radius 1 is 1.14 bits per heavy atom. The van der Waals surface area contributed by atoms with E-state index in [4.69, 9.17) is 11.5 Å². The molecule has 0 saturated heterocycles. The number of rotatable bonds is 4. The van der Waals surface area contributed by atoms with E-state index < -0.39 is 0 Å². The van der Waals surface area contributed by atoms with Crippen LogP contribution in [0.3, 0.4) is 0 Å². The van der Waals surface area contributed by atoms with Gasteiger partial charge in [0.05, 0.1) is 5.25 Å². The molecule has 110 valence electrons. The predicted octanol–water partition coefficient (Wildman–Crippen LogP) is 1.18. The van der Waals surface area contributed by atoms with Gasteiger partial charge in [-0.25, -0.2) is 0 Å². The molecule has 0 spiro atoms. The number of carbonyl (C=O) groups is 1. The first-order valence-corrected chi connectivity index (χ1v) is 7.11. The Morgan fingerprint density at radius 3 is 2.29 bits per heavy atom. The van der Waals surface area contributed by atoms with Crippen LogP contribution in [0.4, 0.5) is 17.6 Å². The van der Waals surface area contributed by atoms with Gasteiger partial charge in [0.15, 0.2) is 5.16 Å². The van der Waals surface area contributed by atoms with Gasteiger partial charge in [0.1, 0.15) is 0 Å². The van der Waals surface area contributed by atoms with Gasteiger partial charge in [0, 0.05) is 12.7 Å². The fourth-order valence-corrected chi connectivity index (χ4v) is 2.57. The van der Waals surface area contributed by atoms with Gasteiger partial charge < -0.3 is 16.4 Å². The number of aromatic nitrogens is 3. The third kappa shape index (κ3) is 3.82. The third-order valence-electron chi connectivity index (χ3n) is 2.75. The molecule has 1 atom stereocenters. The number of carbonyl (C=O) groups excluding carboxylic acids is 1. The number of nitrogens with two attached hydrogens (primary N) is 2. The number of amides is 1. The summed E-state index contributed by atoms with van der Waals surface area (Å²) in [6, 6.07) is 9.40. The van der Waals surface area contributed by atoms with Crippen LogP contribution in [0.2, 0.25) is 0 Å². The monoisotopic (exact) mass is 304 g/mol. The van der Waals surface area contributed by atoms with Crippen LogP contribution in [0.1, 0.15) is 6.92 Å². The molecular weight excluding hydrogens is 288 g/mol. The van der Waals surface area contributed by atoms with Crippen molar-refractivity contribution in [2.45, 2.75) is 17.3 Å². The normalized spacial score (nSPS) is 11.9. The number of nitrogen functional groups attached to an aromatic ring is 2. The number of nitrogens with zero attached hydrogens (tertiary/aromatic N) is 4. The molecule has 0 aliphatic heterocycles. The van der Waals surface area contributed by atoms with Crippen molar-refractivity contribution in [3.63, 3.8) is 0 Å². The van der Waals surface area contributed by atoms with Gasteiger partial charge in [0.2, 0.25) is 17.8 Å². The van der Waals surface area contributed by atoms with Crippen LogP contribution in [-0.2, 0) is 4.79 Å². The summed E-state index contributed by atoms with van der Waals surface area (Å²) in [5, 5.41) is -0.0429. The topological polar surface area (TPSA) is 111 Å². The van der Waals surface area contributed by atoms with Gasteiger partial charge >= 0.3 is 0 Å². The molecule has 7 nitrogen and oxygen atoms in total. The molecule has 1 amide bonds. The summed E-state index contributed by atoms with van der Waals surface area (Å²) in [5.41, 5.74) is 11.8. The minimum Gasteiger partial charge on any atom is -0.368 e. The molecule has 1 heterocycles. The van der Waals surface area contributed by atoms with E-state index >= 15 is 0 Å². The van der Waals surface area contributed by atoms with Crippen molar-refractivity contribution in [1.82, 2.24) is 15.0 Å². The Balaban J connectivity index is 2.09. The fourth-order valence-electron chi connectivity index (χ4n) is 1.70. The first-order valence-electron chi connectivity index (χ1n) is 6.23. The second-order valence-corrected chi connectivity index (χ2v) is 5.64. The van der Waals surface area contributed by atoms with Gasteiger partial charge in [-0.3, -0.25) is 4.79 Å². The van der Waals surface area contributed by atoms with Gasteiger partial charge in [-0.2, -0.15) is 15.0 Å². The number of anilines is 3. The second kappa shape index (κ2) is 6.40. The van der Waals surface area contributed by atoms with Gasteiger partial charge in [0.25, 0.3) is 0 Å². The minimum atomic E-state index is -0.378. The summed E-state index contributed by atoms with van der Waals surface area (Å²) in [4.78, 5) is 25.6. The SMILES string of the molecule is C[C@H](Sc1nc(N)nc(N)n1)C(=O)N(C)c1ccccc1. The Kier molecular flexibility index (Phi) is 4.59. The molecule has 4 N–H and O–H groups in total. The highest BCUT2D eigenvalue weighted by Crippen LogP contribution is 2.23. The first kappa shape index (κ1) is 15.0. The zero-order valence-corrected chi connectivity index (χ0v) is 12.5. The Morgan fingerprint density at radius 2 is 1.71 bits per heavy atom. The highest BCUT2D eigenvalue weighted by Gasteiger charge is 2.21. The van der Waals surface area contributed by atoms with Crippen molar-refractivity contribution in [3.05, 3.63) is 30.3 Å². The maximum Gasteiger partial charge on any atom is 0.240 e. The molecule has 1 aromatic heterocycles. The lowest BCUT2D eigenvalue weighted by Gasteiger charge is -2.20. The molecule has 0 fully saturated rings. The van der Waals surface area contributed by atoms with Crippen molar-refractivity contribution in [1.29, 1.82) is 0 Å². The molecule has 2 rings (SSSR count). The summed E-state index contributed by atoms with van der Waals surface area (Å²) >= 11 is 1.19.